The van der Waals surface area contributed by atoms with Crippen molar-refractivity contribution in [1.82, 2.24) is 4.90 Å². The van der Waals surface area contributed by atoms with E-state index >= 15 is 0 Å². The molecule has 2 aromatic rings. The minimum absolute atomic E-state index is 0.143. The summed E-state index contributed by atoms with van der Waals surface area (Å²) in [6, 6.07) is 11.5. The van der Waals surface area contributed by atoms with E-state index in [-0.39, 0.29) is 24.2 Å². The molecule has 1 saturated heterocycles. The molecule has 0 radical (unpaired) electrons. The van der Waals surface area contributed by atoms with Crippen LogP contribution in [0.25, 0.3) is 10.8 Å². The van der Waals surface area contributed by atoms with E-state index in [4.69, 9.17) is 4.74 Å². The van der Waals surface area contributed by atoms with Crippen LogP contribution in [0.1, 0.15) is 49.4 Å². The van der Waals surface area contributed by atoms with Gasteiger partial charge in [0, 0.05) is 13.1 Å². The van der Waals surface area contributed by atoms with Crippen LogP contribution < -0.4 is 4.74 Å². The molecule has 0 spiro atoms. The maximum Gasteiger partial charge on any atom is 0.258 e. The Hall–Kier alpha value is -2.08. The highest BCUT2D eigenvalue weighted by atomic mass is 32.2. The van der Waals surface area contributed by atoms with Gasteiger partial charge in [0.25, 0.3) is 5.91 Å². The number of likely N-dealkylation sites (tertiary alicyclic amines) is 1. The SMILES string of the molecule is CCOc1ccc2ccccc2c1C(=O)N1CC(S(=O)(=O)C2CCCCC2)C1. The second-order valence-electron chi connectivity index (χ2n) is 7.77. The van der Waals surface area contributed by atoms with Crippen molar-refractivity contribution in [2.75, 3.05) is 19.7 Å². The van der Waals surface area contributed by atoms with Crippen LogP contribution in [-0.4, -0.2) is 49.4 Å². The van der Waals surface area contributed by atoms with Crippen LogP contribution in [0.4, 0.5) is 0 Å². The summed E-state index contributed by atoms with van der Waals surface area (Å²) in [5.41, 5.74) is 0.536. The fourth-order valence-electron chi connectivity index (χ4n) is 4.38. The Morgan fingerprint density at radius 1 is 1.04 bits per heavy atom. The first-order valence-electron chi connectivity index (χ1n) is 10.2. The molecule has 1 aliphatic carbocycles. The summed E-state index contributed by atoms with van der Waals surface area (Å²) in [4.78, 5) is 14.9. The van der Waals surface area contributed by atoms with E-state index in [1.807, 2.05) is 43.3 Å². The van der Waals surface area contributed by atoms with E-state index in [0.29, 0.717) is 17.9 Å². The molecule has 1 amide bonds. The van der Waals surface area contributed by atoms with Crippen molar-refractivity contribution in [1.29, 1.82) is 0 Å². The molecule has 2 fully saturated rings. The van der Waals surface area contributed by atoms with Gasteiger partial charge in [-0.3, -0.25) is 4.79 Å². The van der Waals surface area contributed by atoms with Crippen LogP contribution in [0.3, 0.4) is 0 Å². The normalized spacial score (nSPS) is 18.8. The van der Waals surface area contributed by atoms with Crippen LogP contribution in [0, 0.1) is 0 Å². The molecule has 0 atom stereocenters. The molecule has 28 heavy (non-hydrogen) atoms. The highest BCUT2D eigenvalue weighted by Crippen LogP contribution is 2.34. The van der Waals surface area contributed by atoms with Gasteiger partial charge in [-0.05, 0) is 36.6 Å². The van der Waals surface area contributed by atoms with Gasteiger partial charge in [-0.15, -0.1) is 0 Å². The maximum absolute atomic E-state index is 13.2. The first-order chi connectivity index (χ1) is 13.5. The number of rotatable bonds is 5. The number of carbonyl (C=O) groups is 1. The lowest BCUT2D eigenvalue weighted by Crippen LogP contribution is -2.58. The van der Waals surface area contributed by atoms with Crippen LogP contribution in [0.2, 0.25) is 0 Å². The summed E-state index contributed by atoms with van der Waals surface area (Å²) in [5, 5.41) is 1.17. The number of hydrogen-bond donors (Lipinski definition) is 0. The van der Waals surface area contributed by atoms with Crippen molar-refractivity contribution in [3.05, 3.63) is 42.0 Å². The van der Waals surface area contributed by atoms with Crippen molar-refractivity contribution in [3.63, 3.8) is 0 Å². The van der Waals surface area contributed by atoms with Crippen LogP contribution in [-0.2, 0) is 9.84 Å². The molecule has 4 rings (SSSR count). The molecule has 2 aromatic carbocycles. The second kappa shape index (κ2) is 7.74. The number of benzene rings is 2. The minimum atomic E-state index is -3.16. The van der Waals surface area contributed by atoms with Crippen LogP contribution in [0.15, 0.2) is 36.4 Å². The predicted molar refractivity (Wildman–Crippen MR) is 111 cm³/mol. The molecular weight excluding hydrogens is 374 g/mol. The lowest BCUT2D eigenvalue weighted by Gasteiger charge is -2.41. The van der Waals surface area contributed by atoms with Gasteiger partial charge in [0.15, 0.2) is 9.84 Å². The molecule has 0 N–H and O–H groups in total. The molecular formula is C22H27NO4S. The molecule has 2 aliphatic rings. The number of amides is 1. The Kier molecular flexibility index (Phi) is 5.32. The number of carbonyl (C=O) groups excluding carboxylic acids is 1. The zero-order valence-corrected chi connectivity index (χ0v) is 17.1. The topological polar surface area (TPSA) is 63.7 Å². The van der Waals surface area contributed by atoms with E-state index in [9.17, 15) is 13.2 Å². The zero-order chi connectivity index (χ0) is 19.7. The Bertz CT molecular complexity index is 973. The molecule has 150 valence electrons. The molecule has 0 aromatic heterocycles. The molecule has 6 heteroatoms. The van der Waals surface area contributed by atoms with Crippen molar-refractivity contribution in [2.24, 2.45) is 0 Å². The van der Waals surface area contributed by atoms with Crippen molar-refractivity contribution >= 4 is 26.5 Å². The summed E-state index contributed by atoms with van der Waals surface area (Å²) in [6.07, 6.45) is 4.65. The fourth-order valence-corrected chi connectivity index (χ4v) is 6.69. The zero-order valence-electron chi connectivity index (χ0n) is 16.3. The smallest absolute Gasteiger partial charge is 0.258 e. The summed E-state index contributed by atoms with van der Waals surface area (Å²) in [5.74, 6) is 0.417. The van der Waals surface area contributed by atoms with Gasteiger partial charge in [-0.2, -0.15) is 0 Å². The van der Waals surface area contributed by atoms with Crippen LogP contribution >= 0.6 is 0 Å². The first-order valence-corrected chi connectivity index (χ1v) is 11.8. The van der Waals surface area contributed by atoms with Gasteiger partial charge >= 0.3 is 0 Å². The Morgan fingerprint density at radius 2 is 1.75 bits per heavy atom. The third kappa shape index (κ3) is 3.39. The summed E-state index contributed by atoms with van der Waals surface area (Å²) < 4.78 is 31.5. The largest absolute Gasteiger partial charge is 0.493 e. The monoisotopic (exact) mass is 401 g/mol. The number of ether oxygens (including phenoxy) is 1. The van der Waals surface area contributed by atoms with E-state index in [2.05, 4.69) is 0 Å². The average Bonchev–Trinajstić information content (AvgIpc) is 2.67. The standard InChI is InChI=1S/C22H27NO4S/c1-2-27-20-13-12-16-8-6-7-11-19(16)21(20)22(24)23-14-18(15-23)28(25,26)17-9-4-3-5-10-17/h6-8,11-13,17-18H,2-5,9-10,14-15H2,1H3. The van der Waals surface area contributed by atoms with Gasteiger partial charge < -0.3 is 9.64 Å². The highest BCUT2D eigenvalue weighted by molar-refractivity contribution is 7.92. The highest BCUT2D eigenvalue weighted by Gasteiger charge is 2.44. The average molecular weight is 402 g/mol. The quantitative estimate of drug-likeness (QED) is 0.764. The molecule has 1 aliphatic heterocycles. The minimum Gasteiger partial charge on any atom is -0.493 e. The lowest BCUT2D eigenvalue weighted by atomic mass is 10.0. The number of nitrogens with zero attached hydrogens (tertiary/aromatic N) is 1. The Balaban J connectivity index is 1.56. The first kappa shape index (κ1) is 19.2. The molecule has 1 saturated carbocycles. The van der Waals surface area contributed by atoms with Gasteiger partial charge in [-0.1, -0.05) is 49.6 Å². The fraction of sp³-hybridized carbons (Fsp3) is 0.500. The predicted octanol–water partition coefficient (Wildman–Crippen LogP) is 3.81. The number of sulfone groups is 1. The second-order valence-corrected chi connectivity index (χ2v) is 10.3. The lowest BCUT2D eigenvalue weighted by molar-refractivity contribution is 0.0656. The summed E-state index contributed by atoms with van der Waals surface area (Å²) in [7, 11) is -3.16. The third-order valence-corrected chi connectivity index (χ3v) is 8.65. The Labute approximate surface area is 166 Å². The molecule has 0 unspecified atom stereocenters. The molecule has 1 heterocycles. The van der Waals surface area contributed by atoms with Gasteiger partial charge in [0.2, 0.25) is 0 Å². The number of fused-ring (bicyclic) bond motifs is 1. The summed E-state index contributed by atoms with van der Waals surface area (Å²) in [6.45, 7) is 2.93. The molecule has 5 nitrogen and oxygen atoms in total. The van der Waals surface area contributed by atoms with Crippen molar-refractivity contribution < 1.29 is 17.9 Å². The summed E-state index contributed by atoms with van der Waals surface area (Å²) >= 11 is 0. The Morgan fingerprint density at radius 3 is 2.46 bits per heavy atom. The van der Waals surface area contributed by atoms with Crippen LogP contribution in [0.5, 0.6) is 5.75 Å². The van der Waals surface area contributed by atoms with E-state index in [1.54, 1.807) is 4.90 Å². The van der Waals surface area contributed by atoms with Gasteiger partial charge in [0.05, 0.1) is 22.7 Å². The number of hydrogen-bond acceptors (Lipinski definition) is 4. The van der Waals surface area contributed by atoms with E-state index in [1.165, 1.54) is 0 Å². The maximum atomic E-state index is 13.2. The van der Waals surface area contributed by atoms with Crippen molar-refractivity contribution in [3.8, 4) is 5.75 Å². The third-order valence-electron chi connectivity index (χ3n) is 6.02. The van der Waals surface area contributed by atoms with E-state index < -0.39 is 15.1 Å². The van der Waals surface area contributed by atoms with Gasteiger partial charge in [-0.25, -0.2) is 8.42 Å². The van der Waals surface area contributed by atoms with Gasteiger partial charge in [0.1, 0.15) is 5.75 Å². The molecule has 0 bridgehead atoms. The van der Waals surface area contributed by atoms with Crippen molar-refractivity contribution in [2.45, 2.75) is 49.5 Å². The van der Waals surface area contributed by atoms with E-state index in [0.717, 1.165) is 42.9 Å².